The third kappa shape index (κ3) is 3.57. The quantitative estimate of drug-likeness (QED) is 0.619. The number of benzene rings is 1. The maximum absolute atomic E-state index is 13.3. The monoisotopic (exact) mass is 281 g/mol. The topological polar surface area (TPSA) is 41.5 Å². The highest BCUT2D eigenvalue weighted by Crippen LogP contribution is 2.27. The predicted molar refractivity (Wildman–Crippen MR) is 60.9 cm³/mol. The Bertz CT molecular complexity index is 430. The largest absolute Gasteiger partial charge is 0.485 e. The first-order valence-electron chi connectivity index (χ1n) is 5.66. The van der Waals surface area contributed by atoms with Crippen LogP contribution in [0.15, 0.2) is 6.07 Å². The zero-order chi connectivity index (χ0) is 14.6. The number of aliphatic hydroxyl groups excluding tert-OH is 1. The van der Waals surface area contributed by atoms with Gasteiger partial charge in [-0.25, -0.2) is 8.78 Å². The molecule has 0 saturated heterocycles. The molecule has 0 bridgehead atoms. The first-order chi connectivity index (χ1) is 8.84. The average Bonchev–Trinajstić information content (AvgIpc) is 2.37. The van der Waals surface area contributed by atoms with Crippen molar-refractivity contribution < 1.29 is 27.4 Å². The van der Waals surface area contributed by atoms with Crippen LogP contribution in [0.25, 0.3) is 0 Å². The fraction of sp³-hybridized carbons (Fsp3) is 0.500. The molecule has 108 valence electrons. The molecule has 1 atom stereocenters. The Kier molecular flexibility index (Phi) is 5.13. The fourth-order valence-corrected chi connectivity index (χ4v) is 1.49. The standard InChI is InChI=1S/C12H15F4NO2/c1-3-17-12(2,5-18)6-19-11-9(15)7(13)4-8(14)10(11)16/h4,17-18H,3,5-6H2,1-2H3. The second-order valence-corrected chi connectivity index (χ2v) is 4.34. The second-order valence-electron chi connectivity index (χ2n) is 4.34. The third-order valence-electron chi connectivity index (χ3n) is 2.56. The van der Waals surface area contributed by atoms with E-state index in [0.717, 1.165) is 0 Å². The summed E-state index contributed by atoms with van der Waals surface area (Å²) in [6.07, 6.45) is 0. The number of hydrogen-bond acceptors (Lipinski definition) is 3. The highest BCUT2D eigenvalue weighted by Gasteiger charge is 2.26. The Morgan fingerprint density at radius 3 is 2.16 bits per heavy atom. The smallest absolute Gasteiger partial charge is 0.203 e. The van der Waals surface area contributed by atoms with Gasteiger partial charge in [-0.2, -0.15) is 8.78 Å². The van der Waals surface area contributed by atoms with Crippen LogP contribution in [-0.4, -0.2) is 30.4 Å². The molecule has 1 aromatic rings. The summed E-state index contributed by atoms with van der Waals surface area (Å²) in [6, 6.07) is 0.104. The SMILES string of the molecule is CCNC(C)(CO)COc1c(F)c(F)cc(F)c1F. The van der Waals surface area contributed by atoms with Gasteiger partial charge in [-0.15, -0.1) is 0 Å². The Hall–Kier alpha value is -1.34. The summed E-state index contributed by atoms with van der Waals surface area (Å²) in [5, 5.41) is 12.0. The molecule has 1 rings (SSSR count). The van der Waals surface area contributed by atoms with E-state index in [9.17, 15) is 17.6 Å². The number of rotatable bonds is 6. The molecule has 0 aromatic heterocycles. The van der Waals surface area contributed by atoms with Crippen LogP contribution in [0.4, 0.5) is 17.6 Å². The molecule has 0 saturated carbocycles. The van der Waals surface area contributed by atoms with E-state index in [1.54, 1.807) is 13.8 Å². The van der Waals surface area contributed by atoms with Crippen molar-refractivity contribution in [3.8, 4) is 5.75 Å². The van der Waals surface area contributed by atoms with E-state index in [-0.39, 0.29) is 19.3 Å². The molecule has 0 amide bonds. The zero-order valence-electron chi connectivity index (χ0n) is 10.6. The minimum atomic E-state index is -1.60. The summed E-state index contributed by atoms with van der Waals surface area (Å²) >= 11 is 0. The highest BCUT2D eigenvalue weighted by atomic mass is 19.2. The Morgan fingerprint density at radius 1 is 1.21 bits per heavy atom. The van der Waals surface area contributed by atoms with Gasteiger partial charge in [0.25, 0.3) is 0 Å². The maximum Gasteiger partial charge on any atom is 0.203 e. The number of ether oxygens (including phenoxy) is 1. The van der Waals surface area contributed by atoms with E-state index < -0.39 is 34.6 Å². The first-order valence-corrected chi connectivity index (χ1v) is 5.66. The molecule has 2 N–H and O–H groups in total. The van der Waals surface area contributed by atoms with Crippen LogP contribution in [0.5, 0.6) is 5.75 Å². The van der Waals surface area contributed by atoms with Gasteiger partial charge in [-0.3, -0.25) is 0 Å². The van der Waals surface area contributed by atoms with Gasteiger partial charge >= 0.3 is 0 Å². The summed E-state index contributed by atoms with van der Waals surface area (Å²) in [4.78, 5) is 0. The van der Waals surface area contributed by atoms with Crippen LogP contribution in [0.3, 0.4) is 0 Å². The molecule has 7 heteroatoms. The summed E-state index contributed by atoms with van der Waals surface area (Å²) in [7, 11) is 0. The van der Waals surface area contributed by atoms with Crippen molar-refractivity contribution in [1.29, 1.82) is 0 Å². The summed E-state index contributed by atoms with van der Waals surface area (Å²) in [6.45, 7) is 3.05. The lowest BCUT2D eigenvalue weighted by Gasteiger charge is -2.28. The Morgan fingerprint density at radius 2 is 1.74 bits per heavy atom. The normalized spacial score (nSPS) is 14.3. The molecule has 0 aliphatic carbocycles. The molecule has 0 aliphatic rings. The number of nitrogens with one attached hydrogen (secondary N) is 1. The van der Waals surface area contributed by atoms with Crippen molar-refractivity contribution in [2.24, 2.45) is 0 Å². The molecule has 0 spiro atoms. The average molecular weight is 281 g/mol. The number of aliphatic hydroxyl groups is 1. The molecule has 0 aliphatic heterocycles. The van der Waals surface area contributed by atoms with E-state index in [1.807, 2.05) is 0 Å². The van der Waals surface area contributed by atoms with Gasteiger partial charge in [0.2, 0.25) is 11.6 Å². The molecule has 0 radical (unpaired) electrons. The molecular weight excluding hydrogens is 266 g/mol. The lowest BCUT2D eigenvalue weighted by molar-refractivity contribution is 0.111. The van der Waals surface area contributed by atoms with E-state index >= 15 is 0 Å². The van der Waals surface area contributed by atoms with Crippen LogP contribution in [-0.2, 0) is 0 Å². The van der Waals surface area contributed by atoms with Crippen LogP contribution in [0, 0.1) is 23.3 Å². The number of hydrogen-bond donors (Lipinski definition) is 2. The van der Waals surface area contributed by atoms with Crippen molar-refractivity contribution in [2.75, 3.05) is 19.8 Å². The lowest BCUT2D eigenvalue weighted by Crippen LogP contribution is -2.50. The molecule has 0 fully saturated rings. The summed E-state index contributed by atoms with van der Waals surface area (Å²) in [5.74, 6) is -7.41. The Balaban J connectivity index is 2.94. The number of halogens is 4. The van der Waals surface area contributed by atoms with E-state index in [0.29, 0.717) is 6.54 Å². The minimum absolute atomic E-state index is 0.104. The summed E-state index contributed by atoms with van der Waals surface area (Å²) in [5.41, 5.74) is -0.976. The van der Waals surface area contributed by atoms with E-state index in [2.05, 4.69) is 5.32 Å². The van der Waals surface area contributed by atoms with Crippen LogP contribution in [0.2, 0.25) is 0 Å². The minimum Gasteiger partial charge on any atom is -0.485 e. The number of likely N-dealkylation sites (N-methyl/N-ethyl adjacent to an activating group) is 1. The maximum atomic E-state index is 13.3. The lowest BCUT2D eigenvalue weighted by atomic mass is 10.1. The molecule has 3 nitrogen and oxygen atoms in total. The van der Waals surface area contributed by atoms with Crippen molar-refractivity contribution in [3.63, 3.8) is 0 Å². The second kappa shape index (κ2) is 6.21. The van der Waals surface area contributed by atoms with Gasteiger partial charge in [-0.05, 0) is 13.5 Å². The van der Waals surface area contributed by atoms with Crippen LogP contribution in [0.1, 0.15) is 13.8 Å². The zero-order valence-corrected chi connectivity index (χ0v) is 10.6. The molecule has 1 unspecified atom stereocenters. The van der Waals surface area contributed by atoms with Gasteiger partial charge in [0, 0.05) is 6.07 Å². The molecule has 19 heavy (non-hydrogen) atoms. The highest BCUT2D eigenvalue weighted by molar-refractivity contribution is 5.28. The molecule has 0 heterocycles. The van der Waals surface area contributed by atoms with Gasteiger partial charge in [-0.1, -0.05) is 6.92 Å². The van der Waals surface area contributed by atoms with Crippen molar-refractivity contribution in [1.82, 2.24) is 5.32 Å². The van der Waals surface area contributed by atoms with Crippen molar-refractivity contribution in [3.05, 3.63) is 29.3 Å². The van der Waals surface area contributed by atoms with Gasteiger partial charge in [0.05, 0.1) is 12.1 Å². The molecular formula is C12H15F4NO2. The third-order valence-corrected chi connectivity index (χ3v) is 2.56. The van der Waals surface area contributed by atoms with Crippen LogP contribution < -0.4 is 10.1 Å². The molecule has 1 aromatic carbocycles. The van der Waals surface area contributed by atoms with E-state index in [4.69, 9.17) is 9.84 Å². The van der Waals surface area contributed by atoms with Gasteiger partial charge in [0.1, 0.15) is 6.61 Å². The first kappa shape index (κ1) is 15.7. The van der Waals surface area contributed by atoms with Crippen molar-refractivity contribution >= 4 is 0 Å². The van der Waals surface area contributed by atoms with Gasteiger partial charge in [0.15, 0.2) is 17.4 Å². The summed E-state index contributed by atoms with van der Waals surface area (Å²) < 4.78 is 57.3. The fourth-order valence-electron chi connectivity index (χ4n) is 1.49. The van der Waals surface area contributed by atoms with Crippen molar-refractivity contribution in [2.45, 2.75) is 19.4 Å². The Labute approximate surface area is 108 Å². The van der Waals surface area contributed by atoms with Gasteiger partial charge < -0.3 is 15.2 Å². The van der Waals surface area contributed by atoms with Crippen LogP contribution >= 0.6 is 0 Å². The predicted octanol–water partition coefficient (Wildman–Crippen LogP) is 1.98. The van der Waals surface area contributed by atoms with E-state index in [1.165, 1.54) is 0 Å².